The van der Waals surface area contributed by atoms with Crippen LogP contribution in [0.5, 0.6) is 0 Å². The fraction of sp³-hybridized carbons (Fsp3) is 0.154. The summed E-state index contributed by atoms with van der Waals surface area (Å²) in [5.41, 5.74) is 1.56. The number of rotatable bonds is 2. The Morgan fingerprint density at radius 2 is 2.06 bits per heavy atom. The van der Waals surface area contributed by atoms with Gasteiger partial charge in [-0.1, -0.05) is 11.6 Å². The Morgan fingerprint density at radius 3 is 2.67 bits per heavy atom. The number of carbonyl (C=O) groups is 1. The van der Waals surface area contributed by atoms with Gasteiger partial charge in [-0.05, 0) is 59.6 Å². The molecule has 1 N–H and O–H groups in total. The van der Waals surface area contributed by atoms with Crippen molar-refractivity contribution in [1.82, 2.24) is 0 Å². The lowest BCUT2D eigenvalue weighted by molar-refractivity contribution is 0.0995. The maximum absolute atomic E-state index is 11.9. The summed E-state index contributed by atoms with van der Waals surface area (Å²) in [6, 6.07) is 6.93. The molecule has 2 aromatic rings. The van der Waals surface area contributed by atoms with Crippen LogP contribution in [0.4, 0.5) is 5.69 Å². The molecular formula is C13H11BrClNO2. The highest BCUT2D eigenvalue weighted by atomic mass is 79.9. The van der Waals surface area contributed by atoms with Gasteiger partial charge in [-0.2, -0.15) is 0 Å². The maximum atomic E-state index is 11.9. The maximum Gasteiger partial charge on any atom is 0.291 e. The smallest absolute Gasteiger partial charge is 0.291 e. The van der Waals surface area contributed by atoms with Gasteiger partial charge in [0.2, 0.25) is 0 Å². The molecule has 94 valence electrons. The van der Waals surface area contributed by atoms with Crippen molar-refractivity contribution in [2.75, 3.05) is 5.32 Å². The third-order valence-corrected chi connectivity index (χ3v) is 3.52. The Hall–Kier alpha value is -1.26. The summed E-state index contributed by atoms with van der Waals surface area (Å²) in [5, 5.41) is 3.34. The van der Waals surface area contributed by atoms with E-state index in [9.17, 15) is 4.79 Å². The first-order valence-corrected chi connectivity index (χ1v) is 6.48. The molecule has 0 saturated carbocycles. The number of benzene rings is 1. The second kappa shape index (κ2) is 5.16. The molecule has 2 rings (SSSR count). The first-order chi connectivity index (χ1) is 8.47. The molecule has 0 bridgehead atoms. The number of nitrogens with one attached hydrogen (secondary N) is 1. The van der Waals surface area contributed by atoms with E-state index in [4.69, 9.17) is 16.0 Å². The predicted molar refractivity (Wildman–Crippen MR) is 75.3 cm³/mol. The zero-order valence-corrected chi connectivity index (χ0v) is 12.2. The van der Waals surface area contributed by atoms with E-state index in [1.807, 2.05) is 13.0 Å². The van der Waals surface area contributed by atoms with Gasteiger partial charge < -0.3 is 9.73 Å². The third-order valence-electron chi connectivity index (χ3n) is 2.46. The topological polar surface area (TPSA) is 42.2 Å². The fourth-order valence-electron chi connectivity index (χ4n) is 1.48. The van der Waals surface area contributed by atoms with Gasteiger partial charge >= 0.3 is 0 Å². The van der Waals surface area contributed by atoms with Crippen LogP contribution in [0.1, 0.15) is 21.9 Å². The minimum Gasteiger partial charge on any atom is -0.456 e. The number of furan rings is 1. The second-order valence-electron chi connectivity index (χ2n) is 3.95. The van der Waals surface area contributed by atoms with Crippen molar-refractivity contribution >= 4 is 39.1 Å². The standard InChI is InChI=1S/C13H11BrClNO2/c1-7-5-9(14)11(6-10(7)15)16-13(17)12-4-3-8(2)18-12/h3-6H,1-2H3,(H,16,17). The summed E-state index contributed by atoms with van der Waals surface area (Å²) in [4.78, 5) is 11.9. The predicted octanol–water partition coefficient (Wildman–Crippen LogP) is 4.56. The minimum absolute atomic E-state index is 0.274. The number of amides is 1. The number of hydrogen-bond acceptors (Lipinski definition) is 2. The van der Waals surface area contributed by atoms with E-state index in [0.717, 1.165) is 10.0 Å². The number of aryl methyl sites for hydroxylation is 2. The van der Waals surface area contributed by atoms with E-state index in [2.05, 4.69) is 21.2 Å². The summed E-state index contributed by atoms with van der Waals surface area (Å²) in [7, 11) is 0. The molecule has 0 aliphatic carbocycles. The second-order valence-corrected chi connectivity index (χ2v) is 5.21. The Balaban J connectivity index is 2.24. The van der Waals surface area contributed by atoms with Gasteiger partial charge in [-0.15, -0.1) is 0 Å². The number of hydrogen-bond donors (Lipinski definition) is 1. The highest BCUT2D eigenvalue weighted by molar-refractivity contribution is 9.10. The van der Waals surface area contributed by atoms with Crippen LogP contribution in [0, 0.1) is 13.8 Å². The summed E-state index contributed by atoms with van der Waals surface area (Å²) in [6.07, 6.45) is 0. The molecule has 1 amide bonds. The number of carbonyl (C=O) groups excluding carboxylic acids is 1. The lowest BCUT2D eigenvalue weighted by Gasteiger charge is -2.08. The molecule has 3 nitrogen and oxygen atoms in total. The zero-order chi connectivity index (χ0) is 13.3. The van der Waals surface area contributed by atoms with Gasteiger partial charge in [-0.25, -0.2) is 0 Å². The summed E-state index contributed by atoms with van der Waals surface area (Å²) in [5.74, 6) is 0.668. The van der Waals surface area contributed by atoms with Crippen molar-refractivity contribution in [1.29, 1.82) is 0 Å². The van der Waals surface area contributed by atoms with Crippen LogP contribution in [0.2, 0.25) is 5.02 Å². The average Bonchev–Trinajstić information content (AvgIpc) is 2.73. The van der Waals surface area contributed by atoms with Crippen molar-refractivity contribution in [2.45, 2.75) is 13.8 Å². The molecular weight excluding hydrogens is 318 g/mol. The van der Waals surface area contributed by atoms with Gasteiger partial charge in [0.25, 0.3) is 5.91 Å². The molecule has 0 saturated heterocycles. The van der Waals surface area contributed by atoms with Crippen molar-refractivity contribution in [3.8, 4) is 0 Å². The Kier molecular flexibility index (Phi) is 3.78. The summed E-state index contributed by atoms with van der Waals surface area (Å²) >= 11 is 9.41. The largest absolute Gasteiger partial charge is 0.456 e. The molecule has 1 aromatic heterocycles. The van der Waals surface area contributed by atoms with Crippen molar-refractivity contribution in [3.63, 3.8) is 0 Å². The van der Waals surface area contributed by atoms with Crippen LogP contribution in [0.15, 0.2) is 33.2 Å². The van der Waals surface area contributed by atoms with E-state index >= 15 is 0 Å². The zero-order valence-electron chi connectivity index (χ0n) is 9.88. The first kappa shape index (κ1) is 13.2. The lowest BCUT2D eigenvalue weighted by atomic mass is 10.2. The van der Waals surface area contributed by atoms with Crippen LogP contribution in [0.3, 0.4) is 0 Å². The minimum atomic E-state index is -0.302. The molecule has 0 fully saturated rings. The van der Waals surface area contributed by atoms with Gasteiger partial charge in [0, 0.05) is 9.50 Å². The molecule has 0 unspecified atom stereocenters. The van der Waals surface area contributed by atoms with Crippen molar-refractivity contribution in [2.24, 2.45) is 0 Å². The SMILES string of the molecule is Cc1ccc(C(=O)Nc2cc(Cl)c(C)cc2Br)o1. The van der Waals surface area contributed by atoms with E-state index in [1.54, 1.807) is 25.1 Å². The van der Waals surface area contributed by atoms with E-state index in [-0.39, 0.29) is 11.7 Å². The molecule has 0 spiro atoms. The van der Waals surface area contributed by atoms with Gasteiger partial charge in [0.1, 0.15) is 5.76 Å². The van der Waals surface area contributed by atoms with Gasteiger partial charge in [0.05, 0.1) is 5.69 Å². The van der Waals surface area contributed by atoms with Crippen molar-refractivity contribution in [3.05, 3.63) is 50.8 Å². The molecule has 1 heterocycles. The summed E-state index contributed by atoms with van der Waals surface area (Å²) < 4.78 is 6.03. The molecule has 0 aliphatic rings. The third kappa shape index (κ3) is 2.76. The average molecular weight is 329 g/mol. The molecule has 0 atom stereocenters. The van der Waals surface area contributed by atoms with Crippen LogP contribution in [-0.4, -0.2) is 5.91 Å². The van der Waals surface area contributed by atoms with Crippen LogP contribution >= 0.6 is 27.5 Å². The monoisotopic (exact) mass is 327 g/mol. The van der Waals surface area contributed by atoms with Gasteiger partial charge in [-0.3, -0.25) is 4.79 Å². The molecule has 0 radical (unpaired) electrons. The van der Waals surface area contributed by atoms with E-state index < -0.39 is 0 Å². The van der Waals surface area contributed by atoms with E-state index in [0.29, 0.717) is 16.5 Å². The Bertz CT molecular complexity index is 607. The number of halogens is 2. The van der Waals surface area contributed by atoms with Crippen molar-refractivity contribution < 1.29 is 9.21 Å². The molecule has 18 heavy (non-hydrogen) atoms. The van der Waals surface area contributed by atoms with Gasteiger partial charge in [0.15, 0.2) is 5.76 Å². The van der Waals surface area contributed by atoms with E-state index in [1.165, 1.54) is 0 Å². The Morgan fingerprint density at radius 1 is 1.33 bits per heavy atom. The first-order valence-electron chi connectivity index (χ1n) is 5.31. The summed E-state index contributed by atoms with van der Waals surface area (Å²) in [6.45, 7) is 3.68. The quantitative estimate of drug-likeness (QED) is 0.877. The highest BCUT2D eigenvalue weighted by Gasteiger charge is 2.12. The van der Waals surface area contributed by atoms with Crippen LogP contribution in [0.25, 0.3) is 0 Å². The molecule has 5 heteroatoms. The Labute approximate surface area is 118 Å². The molecule has 1 aromatic carbocycles. The van der Waals surface area contributed by atoms with Crippen LogP contribution < -0.4 is 5.32 Å². The highest BCUT2D eigenvalue weighted by Crippen LogP contribution is 2.29. The normalized spacial score (nSPS) is 10.4. The number of anilines is 1. The van der Waals surface area contributed by atoms with Crippen LogP contribution in [-0.2, 0) is 0 Å². The molecule has 0 aliphatic heterocycles. The lowest BCUT2D eigenvalue weighted by Crippen LogP contribution is -2.11. The fourth-order valence-corrected chi connectivity index (χ4v) is 2.20.